The molecule has 0 unspecified atom stereocenters. The van der Waals surface area contributed by atoms with Gasteiger partial charge in [0.05, 0.1) is 18.3 Å². The van der Waals surface area contributed by atoms with Gasteiger partial charge in [-0.2, -0.15) is 0 Å². The molecule has 1 N–H and O–H groups in total. The molecule has 4 rings (SSSR count). The molecule has 0 bridgehead atoms. The summed E-state index contributed by atoms with van der Waals surface area (Å²) in [5.41, 5.74) is 2.18. The number of furan rings is 1. The van der Waals surface area contributed by atoms with Crippen molar-refractivity contribution in [2.45, 2.75) is 29.0 Å². The van der Waals surface area contributed by atoms with Gasteiger partial charge in [0, 0.05) is 24.7 Å². The van der Waals surface area contributed by atoms with Gasteiger partial charge in [0.25, 0.3) is 0 Å². The van der Waals surface area contributed by atoms with E-state index in [0.717, 1.165) is 21.4 Å². The quantitative estimate of drug-likeness (QED) is 0.548. The molecule has 1 aromatic carbocycles. The van der Waals surface area contributed by atoms with E-state index < -0.39 is 0 Å². The van der Waals surface area contributed by atoms with E-state index in [1.165, 1.54) is 5.56 Å². The summed E-state index contributed by atoms with van der Waals surface area (Å²) in [6.07, 6.45) is 1.80. The van der Waals surface area contributed by atoms with Gasteiger partial charge in [-0.15, -0.1) is 0 Å². The number of methoxy groups -OCH3 is 1. The number of ether oxygens (including phenoxy) is 1. The van der Waals surface area contributed by atoms with Crippen LogP contribution in [0.25, 0.3) is 0 Å². The number of benzene rings is 1. The van der Waals surface area contributed by atoms with Gasteiger partial charge in [-0.05, 0) is 55.5 Å². The van der Waals surface area contributed by atoms with Crippen LogP contribution in [0.4, 0.5) is 0 Å². The number of thiocarbonyl (C=S) groups is 1. The van der Waals surface area contributed by atoms with Crippen molar-refractivity contribution in [3.63, 3.8) is 0 Å². The Morgan fingerprint density at radius 2 is 2.00 bits per heavy atom. The third kappa shape index (κ3) is 4.47. The minimum Gasteiger partial charge on any atom is -0.452 e. The largest absolute Gasteiger partial charge is 0.452 e. The average Bonchev–Trinajstić information content (AvgIpc) is 3.32. The van der Waals surface area contributed by atoms with E-state index >= 15 is 0 Å². The summed E-state index contributed by atoms with van der Waals surface area (Å²) >= 11 is 7.23. The molecule has 1 saturated heterocycles. The minimum atomic E-state index is -0.0834. The summed E-state index contributed by atoms with van der Waals surface area (Å²) in [4.78, 5) is 7.81. The van der Waals surface area contributed by atoms with E-state index in [4.69, 9.17) is 21.4 Å². The van der Waals surface area contributed by atoms with Crippen molar-refractivity contribution in [1.82, 2.24) is 15.2 Å². The fraction of sp³-hybridized carbons (Fsp3) is 0.273. The predicted molar refractivity (Wildman–Crippen MR) is 118 cm³/mol. The van der Waals surface area contributed by atoms with Crippen molar-refractivity contribution < 1.29 is 9.15 Å². The molecule has 3 heterocycles. The van der Waals surface area contributed by atoms with Crippen LogP contribution in [0.1, 0.15) is 29.1 Å². The average molecular weight is 426 g/mol. The summed E-state index contributed by atoms with van der Waals surface area (Å²) in [5, 5.41) is 4.96. The highest BCUT2D eigenvalue weighted by Crippen LogP contribution is 2.41. The zero-order chi connectivity index (χ0) is 20.2. The van der Waals surface area contributed by atoms with E-state index in [9.17, 15) is 0 Å². The van der Waals surface area contributed by atoms with Crippen molar-refractivity contribution in [3.05, 3.63) is 77.8 Å². The Hall–Kier alpha value is -2.35. The van der Waals surface area contributed by atoms with Crippen LogP contribution in [0, 0.1) is 6.92 Å². The smallest absolute Gasteiger partial charge is 0.170 e. The first-order valence-corrected chi connectivity index (χ1v) is 10.7. The molecule has 1 aliphatic heterocycles. The number of nitrogens with zero attached hydrogens (tertiary/aromatic N) is 2. The van der Waals surface area contributed by atoms with Crippen LogP contribution in [-0.4, -0.2) is 35.3 Å². The lowest BCUT2D eigenvalue weighted by atomic mass is 10.0. The van der Waals surface area contributed by atoms with E-state index in [-0.39, 0.29) is 12.1 Å². The summed E-state index contributed by atoms with van der Waals surface area (Å²) in [6.45, 7) is 3.35. The molecule has 1 aliphatic rings. The molecule has 0 saturated carbocycles. The van der Waals surface area contributed by atoms with Crippen LogP contribution < -0.4 is 5.32 Å². The number of hydrogen-bond donors (Lipinski definition) is 1. The monoisotopic (exact) mass is 425 g/mol. The molecule has 0 aliphatic carbocycles. The van der Waals surface area contributed by atoms with Crippen LogP contribution >= 0.6 is 24.0 Å². The van der Waals surface area contributed by atoms with Crippen LogP contribution in [0.3, 0.4) is 0 Å². The fourth-order valence-electron chi connectivity index (χ4n) is 3.42. The fourth-order valence-corrected chi connectivity index (χ4v) is 4.53. The summed E-state index contributed by atoms with van der Waals surface area (Å²) in [7, 11) is 1.70. The Morgan fingerprint density at radius 1 is 1.17 bits per heavy atom. The Balaban J connectivity index is 1.62. The standard InChI is InChI=1S/C22H23N3O2S2/c1-15-6-8-16(9-7-15)29-19-11-10-18(27-19)21-20(17-5-3-4-12-23-17)24-22(28)25(21)13-14-26-2/h3-12,20-21H,13-14H2,1-2H3,(H,24,28)/t20-,21+/m1/s1. The maximum Gasteiger partial charge on any atom is 0.170 e. The highest BCUT2D eigenvalue weighted by Gasteiger charge is 2.41. The Morgan fingerprint density at radius 3 is 2.72 bits per heavy atom. The highest BCUT2D eigenvalue weighted by atomic mass is 32.2. The van der Waals surface area contributed by atoms with E-state index in [0.29, 0.717) is 18.3 Å². The minimum absolute atomic E-state index is 0.0797. The van der Waals surface area contributed by atoms with E-state index in [2.05, 4.69) is 46.4 Å². The molecule has 150 valence electrons. The molecule has 3 aromatic rings. The van der Waals surface area contributed by atoms with E-state index in [1.54, 1.807) is 25.1 Å². The molecule has 1 fully saturated rings. The summed E-state index contributed by atoms with van der Waals surface area (Å²) in [6, 6.07) is 18.2. The SMILES string of the molecule is COCCN1C(=S)N[C@H](c2ccccn2)[C@@H]1c1ccc(Sc2ccc(C)cc2)o1. The second-order valence-electron chi connectivity index (χ2n) is 6.88. The summed E-state index contributed by atoms with van der Waals surface area (Å²) < 4.78 is 11.6. The third-order valence-corrected chi connectivity index (χ3v) is 6.15. The van der Waals surface area contributed by atoms with Crippen molar-refractivity contribution in [1.29, 1.82) is 0 Å². The second kappa shape index (κ2) is 8.98. The normalized spacial score (nSPS) is 18.8. The van der Waals surface area contributed by atoms with Crippen molar-refractivity contribution in [2.75, 3.05) is 20.3 Å². The van der Waals surface area contributed by atoms with Gasteiger partial charge >= 0.3 is 0 Å². The van der Waals surface area contributed by atoms with Crippen LogP contribution in [0.5, 0.6) is 0 Å². The maximum atomic E-state index is 6.27. The van der Waals surface area contributed by atoms with Gasteiger partial charge < -0.3 is 19.4 Å². The number of nitrogens with one attached hydrogen (secondary N) is 1. The number of hydrogen-bond acceptors (Lipinski definition) is 5. The molecule has 29 heavy (non-hydrogen) atoms. The molecule has 0 radical (unpaired) electrons. The number of aryl methyl sites for hydroxylation is 1. The Bertz CT molecular complexity index is 960. The van der Waals surface area contributed by atoms with Gasteiger partial charge in [0.1, 0.15) is 11.8 Å². The molecule has 5 nitrogen and oxygen atoms in total. The zero-order valence-electron chi connectivity index (χ0n) is 16.4. The molecule has 7 heteroatoms. The highest BCUT2D eigenvalue weighted by molar-refractivity contribution is 7.99. The van der Waals surface area contributed by atoms with Crippen LogP contribution in [-0.2, 0) is 4.74 Å². The zero-order valence-corrected chi connectivity index (χ0v) is 18.0. The Kier molecular flexibility index (Phi) is 6.18. The van der Waals surface area contributed by atoms with Gasteiger partial charge in [-0.1, -0.05) is 35.5 Å². The molecule has 2 atom stereocenters. The molecular formula is C22H23N3O2S2. The lowest BCUT2D eigenvalue weighted by Crippen LogP contribution is -2.32. The first-order valence-electron chi connectivity index (χ1n) is 9.47. The lowest BCUT2D eigenvalue weighted by Gasteiger charge is -2.25. The third-order valence-electron chi connectivity index (χ3n) is 4.87. The van der Waals surface area contributed by atoms with Crippen LogP contribution in [0.15, 0.2) is 75.2 Å². The van der Waals surface area contributed by atoms with Crippen molar-refractivity contribution in [2.24, 2.45) is 0 Å². The van der Waals surface area contributed by atoms with Crippen LogP contribution in [0.2, 0.25) is 0 Å². The molecule has 0 amide bonds. The van der Waals surface area contributed by atoms with Gasteiger partial charge in [-0.25, -0.2) is 0 Å². The van der Waals surface area contributed by atoms with Gasteiger partial charge in [0.2, 0.25) is 0 Å². The first kappa shape index (κ1) is 19.9. The lowest BCUT2D eigenvalue weighted by molar-refractivity contribution is 0.156. The molecule has 2 aromatic heterocycles. The molecular weight excluding hydrogens is 402 g/mol. The number of pyridine rings is 1. The maximum absolute atomic E-state index is 6.27. The van der Waals surface area contributed by atoms with Gasteiger partial charge in [0.15, 0.2) is 10.2 Å². The predicted octanol–water partition coefficient (Wildman–Crippen LogP) is 4.75. The molecule has 0 spiro atoms. The van der Waals surface area contributed by atoms with Crippen molar-refractivity contribution >= 4 is 29.1 Å². The second-order valence-corrected chi connectivity index (χ2v) is 8.35. The number of rotatable bonds is 7. The first-order chi connectivity index (χ1) is 14.2. The topological polar surface area (TPSA) is 50.5 Å². The van der Waals surface area contributed by atoms with Crippen molar-refractivity contribution in [3.8, 4) is 0 Å². The number of aromatic nitrogens is 1. The Labute approximate surface area is 180 Å². The van der Waals surface area contributed by atoms with E-state index in [1.807, 2.05) is 30.3 Å². The van der Waals surface area contributed by atoms with Gasteiger partial charge in [-0.3, -0.25) is 4.98 Å². The summed E-state index contributed by atoms with van der Waals surface area (Å²) in [5.74, 6) is 0.860.